The summed E-state index contributed by atoms with van der Waals surface area (Å²) in [7, 11) is 0. The van der Waals surface area contributed by atoms with Crippen LogP contribution in [0.2, 0.25) is 0 Å². The Labute approximate surface area is 164 Å². The van der Waals surface area contributed by atoms with Crippen molar-refractivity contribution in [3.63, 3.8) is 0 Å². The van der Waals surface area contributed by atoms with Crippen LogP contribution in [0.15, 0.2) is 36.5 Å². The van der Waals surface area contributed by atoms with Gasteiger partial charge in [0.1, 0.15) is 5.60 Å². The number of amides is 2. The summed E-state index contributed by atoms with van der Waals surface area (Å²) < 4.78 is 10.6. The van der Waals surface area contributed by atoms with Crippen LogP contribution >= 0.6 is 0 Å². The highest BCUT2D eigenvalue weighted by Gasteiger charge is 2.37. The van der Waals surface area contributed by atoms with Gasteiger partial charge in [-0.2, -0.15) is 4.98 Å². The first kappa shape index (κ1) is 21.1. The van der Waals surface area contributed by atoms with Crippen molar-refractivity contribution >= 4 is 17.9 Å². The number of nitrogens with two attached hydrogens (primary N) is 1. The molecule has 28 heavy (non-hydrogen) atoms. The number of carbonyl (C=O) groups is 2. The molecule has 2 N–H and O–H groups in total. The highest BCUT2D eigenvalue weighted by Crippen LogP contribution is 2.22. The minimum absolute atomic E-state index is 0.169. The van der Waals surface area contributed by atoms with E-state index in [-0.39, 0.29) is 6.01 Å². The number of benzene rings is 1. The summed E-state index contributed by atoms with van der Waals surface area (Å²) in [5.74, 6) is 0. The molecule has 2 rings (SSSR count). The maximum atomic E-state index is 12.7. The van der Waals surface area contributed by atoms with Gasteiger partial charge in [-0.1, -0.05) is 12.1 Å². The third-order valence-electron chi connectivity index (χ3n) is 3.45. The van der Waals surface area contributed by atoms with E-state index < -0.39 is 23.3 Å². The molecule has 0 fully saturated rings. The quantitative estimate of drug-likeness (QED) is 0.768. The molecular weight excluding hydrogens is 360 g/mol. The third-order valence-corrected chi connectivity index (χ3v) is 3.45. The third kappa shape index (κ3) is 5.67. The Morgan fingerprint density at radius 2 is 1.57 bits per heavy atom. The first-order valence-corrected chi connectivity index (χ1v) is 8.81. The summed E-state index contributed by atoms with van der Waals surface area (Å²) in [6, 6.07) is 8.59. The first-order chi connectivity index (χ1) is 12.9. The fourth-order valence-electron chi connectivity index (χ4n) is 2.26. The molecule has 2 amide bonds. The standard InChI is InChI=1S/C20H26N4O4/c1-19(2,3)24(18(26)28-20(4,5)6)17(25)27-16-22-12-11-15(23-16)13-7-9-14(21)10-8-13/h7-12H,21H2,1-6H3. The summed E-state index contributed by atoms with van der Waals surface area (Å²) in [6.07, 6.45) is -0.258. The molecule has 1 aromatic carbocycles. The second-order valence-corrected chi connectivity index (χ2v) is 8.20. The molecule has 0 saturated carbocycles. The molecule has 0 spiro atoms. The topological polar surface area (TPSA) is 108 Å². The van der Waals surface area contributed by atoms with Crippen molar-refractivity contribution in [2.24, 2.45) is 0 Å². The smallest absolute Gasteiger partial charge is 0.427 e. The van der Waals surface area contributed by atoms with Gasteiger partial charge in [-0.3, -0.25) is 0 Å². The van der Waals surface area contributed by atoms with Gasteiger partial charge in [0.15, 0.2) is 0 Å². The van der Waals surface area contributed by atoms with Crippen molar-refractivity contribution < 1.29 is 19.1 Å². The van der Waals surface area contributed by atoms with E-state index in [1.165, 1.54) is 6.20 Å². The molecule has 8 heteroatoms. The normalized spacial score (nSPS) is 11.6. The zero-order chi connectivity index (χ0) is 21.1. The average Bonchev–Trinajstić information content (AvgIpc) is 2.52. The van der Waals surface area contributed by atoms with Crippen molar-refractivity contribution in [3.8, 4) is 17.3 Å². The summed E-state index contributed by atoms with van der Waals surface area (Å²) in [5, 5.41) is 0. The van der Waals surface area contributed by atoms with Gasteiger partial charge in [0.05, 0.1) is 5.69 Å². The van der Waals surface area contributed by atoms with Crippen LogP contribution in [-0.2, 0) is 4.74 Å². The van der Waals surface area contributed by atoms with Crippen molar-refractivity contribution in [2.45, 2.75) is 52.7 Å². The van der Waals surface area contributed by atoms with Crippen molar-refractivity contribution in [3.05, 3.63) is 36.5 Å². The Hall–Kier alpha value is -3.16. The van der Waals surface area contributed by atoms with Crippen LogP contribution in [0.1, 0.15) is 41.5 Å². The van der Waals surface area contributed by atoms with Crippen LogP contribution in [0.25, 0.3) is 11.3 Å². The summed E-state index contributed by atoms with van der Waals surface area (Å²) in [4.78, 5) is 34.3. The molecule has 0 aliphatic carbocycles. The molecule has 8 nitrogen and oxygen atoms in total. The lowest BCUT2D eigenvalue weighted by atomic mass is 10.1. The van der Waals surface area contributed by atoms with Crippen LogP contribution in [0, 0.1) is 0 Å². The van der Waals surface area contributed by atoms with E-state index in [0.29, 0.717) is 11.4 Å². The van der Waals surface area contributed by atoms with E-state index in [0.717, 1.165) is 10.5 Å². The summed E-state index contributed by atoms with van der Waals surface area (Å²) >= 11 is 0. The molecule has 0 aliphatic heterocycles. The molecule has 0 atom stereocenters. The van der Waals surface area contributed by atoms with Gasteiger partial charge in [0, 0.05) is 23.0 Å². The van der Waals surface area contributed by atoms with Gasteiger partial charge in [-0.25, -0.2) is 19.5 Å². The van der Waals surface area contributed by atoms with E-state index in [4.69, 9.17) is 15.2 Å². The van der Waals surface area contributed by atoms with Gasteiger partial charge < -0.3 is 15.2 Å². The molecule has 1 heterocycles. The molecule has 0 bridgehead atoms. The van der Waals surface area contributed by atoms with Crippen molar-refractivity contribution in [1.29, 1.82) is 0 Å². The molecule has 0 radical (unpaired) electrons. The van der Waals surface area contributed by atoms with Crippen LogP contribution in [0.4, 0.5) is 15.3 Å². The highest BCUT2D eigenvalue weighted by atomic mass is 16.6. The van der Waals surface area contributed by atoms with E-state index in [2.05, 4.69) is 9.97 Å². The van der Waals surface area contributed by atoms with Crippen molar-refractivity contribution in [1.82, 2.24) is 14.9 Å². The maximum absolute atomic E-state index is 12.7. The Morgan fingerprint density at radius 1 is 0.964 bits per heavy atom. The lowest BCUT2D eigenvalue weighted by Crippen LogP contribution is -2.52. The number of nitrogen functional groups attached to an aromatic ring is 1. The van der Waals surface area contributed by atoms with Crippen LogP contribution < -0.4 is 10.5 Å². The highest BCUT2D eigenvalue weighted by molar-refractivity contribution is 5.89. The molecular formula is C20H26N4O4. The SMILES string of the molecule is CC(C)(C)OC(=O)N(C(=O)Oc1nccc(-c2ccc(N)cc2)n1)C(C)(C)C. The molecule has 1 aromatic heterocycles. The Morgan fingerprint density at radius 3 is 2.11 bits per heavy atom. The number of nitrogens with zero attached hydrogens (tertiary/aromatic N) is 3. The maximum Gasteiger partial charge on any atom is 0.427 e. The largest absolute Gasteiger partial charge is 0.443 e. The molecule has 2 aromatic rings. The summed E-state index contributed by atoms with van der Waals surface area (Å²) in [5.41, 5.74) is 6.04. The Kier molecular flexibility index (Phi) is 5.92. The fourth-order valence-corrected chi connectivity index (χ4v) is 2.26. The molecule has 150 valence electrons. The average molecular weight is 386 g/mol. The zero-order valence-corrected chi connectivity index (χ0v) is 17.0. The van der Waals surface area contributed by atoms with Crippen LogP contribution in [0.3, 0.4) is 0 Å². The predicted octanol–water partition coefficient (Wildman–Crippen LogP) is 4.26. The number of ether oxygens (including phenoxy) is 2. The minimum atomic E-state index is -0.920. The van der Waals surface area contributed by atoms with Gasteiger partial charge in [0.2, 0.25) is 0 Å². The number of hydrogen-bond acceptors (Lipinski definition) is 7. The van der Waals surface area contributed by atoms with Gasteiger partial charge in [-0.05, 0) is 59.7 Å². The first-order valence-electron chi connectivity index (χ1n) is 8.81. The number of hydrogen-bond donors (Lipinski definition) is 1. The molecule has 0 saturated heterocycles. The second-order valence-electron chi connectivity index (χ2n) is 8.20. The lowest BCUT2D eigenvalue weighted by Gasteiger charge is -2.33. The van der Waals surface area contributed by atoms with Gasteiger partial charge >= 0.3 is 18.2 Å². The van der Waals surface area contributed by atoms with Crippen molar-refractivity contribution in [2.75, 3.05) is 5.73 Å². The second kappa shape index (κ2) is 7.84. The number of aromatic nitrogens is 2. The van der Waals surface area contributed by atoms with Gasteiger partial charge in [-0.15, -0.1) is 0 Å². The predicted molar refractivity (Wildman–Crippen MR) is 106 cm³/mol. The number of carbonyl (C=O) groups excluding carboxylic acids is 2. The monoisotopic (exact) mass is 386 g/mol. The minimum Gasteiger partial charge on any atom is -0.443 e. The van der Waals surface area contributed by atoms with E-state index in [9.17, 15) is 9.59 Å². The lowest BCUT2D eigenvalue weighted by molar-refractivity contribution is 0.0115. The van der Waals surface area contributed by atoms with E-state index >= 15 is 0 Å². The zero-order valence-electron chi connectivity index (χ0n) is 17.0. The Bertz CT molecular complexity index is 852. The van der Waals surface area contributed by atoms with E-state index in [1.54, 1.807) is 71.9 Å². The van der Waals surface area contributed by atoms with E-state index in [1.807, 2.05) is 0 Å². The number of rotatable bonds is 2. The Balaban J connectivity index is 2.25. The molecule has 0 unspecified atom stereocenters. The number of imide groups is 1. The van der Waals surface area contributed by atoms with Crippen LogP contribution in [0.5, 0.6) is 6.01 Å². The summed E-state index contributed by atoms with van der Waals surface area (Å²) in [6.45, 7) is 10.3. The van der Waals surface area contributed by atoms with Crippen LogP contribution in [-0.4, -0.2) is 38.2 Å². The molecule has 0 aliphatic rings. The fraction of sp³-hybridized carbons (Fsp3) is 0.400. The number of anilines is 1. The van der Waals surface area contributed by atoms with Gasteiger partial charge in [0.25, 0.3) is 0 Å².